The first-order valence-corrected chi connectivity index (χ1v) is 8.16. The highest BCUT2D eigenvalue weighted by Gasteiger charge is 2.60. The van der Waals surface area contributed by atoms with Crippen LogP contribution in [-0.4, -0.2) is 67.6 Å². The van der Waals surface area contributed by atoms with Crippen LogP contribution in [-0.2, 0) is 19.2 Å². The number of amides is 2. The Labute approximate surface area is 141 Å². The van der Waals surface area contributed by atoms with Gasteiger partial charge in [0.1, 0.15) is 17.5 Å². The van der Waals surface area contributed by atoms with Gasteiger partial charge in [0, 0.05) is 6.42 Å². The molecule has 2 aliphatic heterocycles. The molecule has 0 aromatic heterocycles. The standard InChI is InChI=1S/C14H17N3O6S/c1-2-7-10(14(22)23)17-11(19)9(12(17)24-7)16-8(18)5-3-4-6(15)13(20)21/h1,6-7,9-10,12H,3-5,15H2,(H,16,18)(H,20,21)(H,22,23)/t6-,7+,9+,10+,12+/m0/s1. The lowest BCUT2D eigenvalue weighted by atomic mass is 10.0. The van der Waals surface area contributed by atoms with Gasteiger partial charge in [0.25, 0.3) is 0 Å². The third-order valence-electron chi connectivity index (χ3n) is 3.92. The number of aliphatic carboxylic acids is 2. The molecule has 2 amide bonds. The van der Waals surface area contributed by atoms with E-state index in [9.17, 15) is 24.3 Å². The van der Waals surface area contributed by atoms with Gasteiger partial charge in [0.2, 0.25) is 11.8 Å². The number of hydrogen-bond donors (Lipinski definition) is 4. The minimum absolute atomic E-state index is 0.0308. The lowest BCUT2D eigenvalue weighted by Crippen LogP contribution is -2.70. The number of β-lactam (4-membered cyclic amide) rings is 1. The van der Waals surface area contributed by atoms with E-state index in [1.165, 1.54) is 4.90 Å². The second kappa shape index (κ2) is 7.11. The highest BCUT2D eigenvalue weighted by atomic mass is 32.2. The third-order valence-corrected chi connectivity index (χ3v) is 5.39. The summed E-state index contributed by atoms with van der Waals surface area (Å²) in [5.74, 6) is -0.848. The minimum atomic E-state index is -1.17. The summed E-state index contributed by atoms with van der Waals surface area (Å²) in [6, 6.07) is -2.92. The quantitative estimate of drug-likeness (QED) is 0.316. The molecule has 5 atom stereocenters. The van der Waals surface area contributed by atoms with Crippen LogP contribution >= 0.6 is 11.8 Å². The number of terminal acetylenes is 1. The second-order valence-corrected chi connectivity index (χ2v) is 6.79. The fourth-order valence-corrected chi connectivity index (χ4v) is 4.14. The molecule has 9 nitrogen and oxygen atoms in total. The largest absolute Gasteiger partial charge is 0.480 e. The lowest BCUT2D eigenvalue weighted by molar-refractivity contribution is -0.159. The van der Waals surface area contributed by atoms with Crippen molar-refractivity contribution in [1.82, 2.24) is 10.2 Å². The first-order valence-electron chi connectivity index (χ1n) is 7.22. The van der Waals surface area contributed by atoms with Crippen molar-refractivity contribution in [2.24, 2.45) is 5.73 Å². The molecular weight excluding hydrogens is 338 g/mol. The fourth-order valence-electron chi connectivity index (χ4n) is 2.66. The molecular formula is C14H17N3O6S. The van der Waals surface area contributed by atoms with E-state index in [4.69, 9.17) is 17.3 Å². The molecule has 0 aromatic carbocycles. The summed E-state index contributed by atoms with van der Waals surface area (Å²) in [6.07, 6.45) is 5.75. The normalized spacial score (nSPS) is 29.2. The highest BCUT2D eigenvalue weighted by Crippen LogP contribution is 2.44. The average molecular weight is 355 g/mol. The Balaban J connectivity index is 1.86. The van der Waals surface area contributed by atoms with Crippen molar-refractivity contribution in [1.29, 1.82) is 0 Å². The molecule has 2 saturated heterocycles. The Bertz CT molecular complexity index is 618. The van der Waals surface area contributed by atoms with Crippen LogP contribution in [0.25, 0.3) is 0 Å². The zero-order chi connectivity index (χ0) is 18.0. The molecule has 0 aromatic rings. The number of rotatable bonds is 7. The van der Waals surface area contributed by atoms with Gasteiger partial charge in [-0.15, -0.1) is 18.2 Å². The number of carbonyl (C=O) groups excluding carboxylic acids is 2. The van der Waals surface area contributed by atoms with Gasteiger partial charge < -0.3 is 26.2 Å². The van der Waals surface area contributed by atoms with E-state index >= 15 is 0 Å². The van der Waals surface area contributed by atoms with Crippen molar-refractivity contribution in [3.8, 4) is 12.3 Å². The molecule has 5 N–H and O–H groups in total. The monoisotopic (exact) mass is 355 g/mol. The van der Waals surface area contributed by atoms with Gasteiger partial charge in [-0.25, -0.2) is 4.79 Å². The van der Waals surface area contributed by atoms with Crippen LogP contribution in [0.15, 0.2) is 0 Å². The lowest BCUT2D eigenvalue weighted by Gasteiger charge is -2.43. The summed E-state index contributed by atoms with van der Waals surface area (Å²) in [4.78, 5) is 47.0. The number of nitrogens with zero attached hydrogens (tertiary/aromatic N) is 1. The summed E-state index contributed by atoms with van der Waals surface area (Å²) in [6.45, 7) is 0. The van der Waals surface area contributed by atoms with Crippen LogP contribution in [0, 0.1) is 12.3 Å². The molecule has 0 radical (unpaired) electrons. The molecule has 2 rings (SSSR count). The van der Waals surface area contributed by atoms with Crippen molar-refractivity contribution in [3.05, 3.63) is 0 Å². The van der Waals surface area contributed by atoms with Crippen molar-refractivity contribution in [2.45, 2.75) is 48.0 Å². The summed E-state index contributed by atoms with van der Waals surface area (Å²) in [5, 5.41) is 19.2. The van der Waals surface area contributed by atoms with Gasteiger partial charge in [-0.2, -0.15) is 0 Å². The van der Waals surface area contributed by atoms with E-state index in [-0.39, 0.29) is 19.3 Å². The van der Waals surface area contributed by atoms with Crippen LogP contribution in [0.4, 0.5) is 0 Å². The van der Waals surface area contributed by atoms with Crippen molar-refractivity contribution in [2.75, 3.05) is 0 Å². The number of hydrogen-bond acceptors (Lipinski definition) is 6. The predicted molar refractivity (Wildman–Crippen MR) is 83.7 cm³/mol. The van der Waals surface area contributed by atoms with Gasteiger partial charge in [-0.05, 0) is 12.8 Å². The Morgan fingerprint density at radius 1 is 1.42 bits per heavy atom. The zero-order valence-corrected chi connectivity index (χ0v) is 13.4. The SMILES string of the molecule is C#C[C@H]1S[C@@H]2[C@H](NC(=O)CCC[C@H](N)C(=O)O)C(=O)N2[C@H]1C(=O)O. The molecule has 2 aliphatic rings. The topological polar surface area (TPSA) is 150 Å². The van der Waals surface area contributed by atoms with E-state index in [2.05, 4.69) is 11.2 Å². The van der Waals surface area contributed by atoms with Crippen LogP contribution < -0.4 is 11.1 Å². The first-order chi connectivity index (χ1) is 11.3. The number of carboxylic acid groups (broad SMARTS) is 2. The maximum atomic E-state index is 12.1. The van der Waals surface area contributed by atoms with E-state index in [0.29, 0.717) is 0 Å². The van der Waals surface area contributed by atoms with Crippen LogP contribution in [0.1, 0.15) is 19.3 Å². The number of fused-ring (bicyclic) bond motifs is 1. The van der Waals surface area contributed by atoms with Crippen molar-refractivity contribution >= 4 is 35.5 Å². The van der Waals surface area contributed by atoms with E-state index in [1.807, 2.05) is 0 Å². The average Bonchev–Trinajstić information content (AvgIpc) is 2.87. The Hall–Kier alpha value is -2.25. The zero-order valence-electron chi connectivity index (χ0n) is 12.5. The molecule has 2 heterocycles. The molecule has 0 unspecified atom stereocenters. The molecule has 2 fully saturated rings. The van der Waals surface area contributed by atoms with Gasteiger partial charge in [-0.1, -0.05) is 5.92 Å². The molecule has 0 spiro atoms. The maximum absolute atomic E-state index is 12.1. The van der Waals surface area contributed by atoms with Crippen LogP contribution in [0.3, 0.4) is 0 Å². The summed E-state index contributed by atoms with van der Waals surface area (Å²) >= 11 is 1.16. The van der Waals surface area contributed by atoms with Crippen molar-refractivity contribution < 1.29 is 29.4 Å². The number of nitrogens with two attached hydrogens (primary N) is 1. The molecule has 10 heteroatoms. The highest BCUT2D eigenvalue weighted by molar-refractivity contribution is 8.01. The first kappa shape index (κ1) is 18.1. The third kappa shape index (κ3) is 3.32. The van der Waals surface area contributed by atoms with Gasteiger partial charge in [-0.3, -0.25) is 14.4 Å². The minimum Gasteiger partial charge on any atom is -0.480 e. The van der Waals surface area contributed by atoms with Crippen molar-refractivity contribution in [3.63, 3.8) is 0 Å². The summed E-state index contributed by atoms with van der Waals surface area (Å²) in [5.41, 5.74) is 5.34. The Kier molecular flexibility index (Phi) is 5.36. The summed E-state index contributed by atoms with van der Waals surface area (Å²) < 4.78 is 0. The summed E-state index contributed by atoms with van der Waals surface area (Å²) in [7, 11) is 0. The number of thioether (sulfide) groups is 1. The Morgan fingerprint density at radius 2 is 2.08 bits per heavy atom. The second-order valence-electron chi connectivity index (χ2n) is 5.52. The van der Waals surface area contributed by atoms with Gasteiger partial charge in [0.05, 0.1) is 5.25 Å². The maximum Gasteiger partial charge on any atom is 0.328 e. The van der Waals surface area contributed by atoms with Crippen LogP contribution in [0.5, 0.6) is 0 Å². The molecule has 0 saturated carbocycles. The number of carboxylic acids is 2. The smallest absolute Gasteiger partial charge is 0.328 e. The number of nitrogens with one attached hydrogen (secondary N) is 1. The van der Waals surface area contributed by atoms with Gasteiger partial charge in [0.15, 0.2) is 6.04 Å². The Morgan fingerprint density at radius 3 is 2.62 bits per heavy atom. The molecule has 0 aliphatic carbocycles. The molecule has 0 bridgehead atoms. The fraction of sp³-hybridized carbons (Fsp3) is 0.571. The van der Waals surface area contributed by atoms with Gasteiger partial charge >= 0.3 is 11.9 Å². The predicted octanol–water partition coefficient (Wildman–Crippen LogP) is -1.58. The van der Waals surface area contributed by atoms with E-state index < -0.39 is 52.5 Å². The number of carbonyl (C=O) groups is 4. The molecule has 24 heavy (non-hydrogen) atoms. The van der Waals surface area contributed by atoms with Crippen LogP contribution in [0.2, 0.25) is 0 Å². The molecule has 130 valence electrons. The van der Waals surface area contributed by atoms with E-state index in [0.717, 1.165) is 11.8 Å². The van der Waals surface area contributed by atoms with E-state index in [1.54, 1.807) is 0 Å².